The molecular weight excluding hydrogens is 150 g/mol. The lowest BCUT2D eigenvalue weighted by Crippen LogP contribution is -2.11. The molecule has 0 amide bonds. The van der Waals surface area contributed by atoms with E-state index in [1.165, 1.54) is 0 Å². The van der Waals surface area contributed by atoms with Crippen molar-refractivity contribution in [2.24, 2.45) is 4.99 Å². The maximum atomic E-state index is 8.72. The third kappa shape index (κ3) is 3.77. The summed E-state index contributed by atoms with van der Waals surface area (Å²) in [5.41, 5.74) is 2.20. The van der Waals surface area contributed by atoms with Gasteiger partial charge in [-0.2, -0.15) is 5.26 Å². The molecule has 12 heavy (non-hydrogen) atoms. The first kappa shape index (κ1) is 10.7. The predicted molar refractivity (Wildman–Crippen MR) is 50.8 cm³/mol. The Hall–Kier alpha value is -1.30. The van der Waals surface area contributed by atoms with Crippen LogP contribution in [0, 0.1) is 11.3 Å². The van der Waals surface area contributed by atoms with E-state index in [4.69, 9.17) is 5.26 Å². The molecular formula is C9H15N3. The smallest absolute Gasteiger partial charge is 0.158 e. The Bertz CT molecular complexity index is 239. The van der Waals surface area contributed by atoms with E-state index in [2.05, 4.69) is 10.3 Å². The number of nitrogens with one attached hydrogen (secondary N) is 1. The molecule has 0 unspecified atom stereocenters. The molecule has 0 aliphatic rings. The lowest BCUT2D eigenvalue weighted by atomic mass is 10.3. The van der Waals surface area contributed by atoms with Crippen LogP contribution in [0.2, 0.25) is 0 Å². The average molecular weight is 165 g/mol. The summed E-state index contributed by atoms with van der Waals surface area (Å²) in [6, 6.07) is 2.05. The van der Waals surface area contributed by atoms with E-state index in [-0.39, 0.29) is 0 Å². The minimum absolute atomic E-state index is 0.469. The predicted octanol–water partition coefficient (Wildman–Crippen LogP) is 1.83. The summed E-state index contributed by atoms with van der Waals surface area (Å²) in [5.74, 6) is 0. The van der Waals surface area contributed by atoms with E-state index >= 15 is 0 Å². The molecule has 0 spiro atoms. The first-order valence-corrected chi connectivity index (χ1v) is 3.98. The first-order chi connectivity index (χ1) is 5.61. The van der Waals surface area contributed by atoms with Crippen molar-refractivity contribution in [3.8, 4) is 6.07 Å². The number of aliphatic imine (C=N–C) groups is 1. The summed E-state index contributed by atoms with van der Waals surface area (Å²) in [5, 5.41) is 11.8. The van der Waals surface area contributed by atoms with Gasteiger partial charge in [0.2, 0.25) is 0 Å². The van der Waals surface area contributed by atoms with Crippen molar-refractivity contribution in [3.05, 3.63) is 11.4 Å². The monoisotopic (exact) mass is 165 g/mol. The van der Waals surface area contributed by atoms with Crippen molar-refractivity contribution < 1.29 is 0 Å². The summed E-state index contributed by atoms with van der Waals surface area (Å²) in [7, 11) is 0. The summed E-state index contributed by atoms with van der Waals surface area (Å²) in [4.78, 5) is 4.09. The van der Waals surface area contributed by atoms with Gasteiger partial charge in [-0.15, -0.1) is 0 Å². The molecule has 3 heteroatoms. The highest BCUT2D eigenvalue weighted by Gasteiger charge is 1.97. The van der Waals surface area contributed by atoms with Gasteiger partial charge in [-0.25, -0.2) is 4.99 Å². The molecule has 0 radical (unpaired) electrons. The molecule has 0 aromatic carbocycles. The van der Waals surface area contributed by atoms with Crippen LogP contribution in [0.25, 0.3) is 0 Å². The van der Waals surface area contributed by atoms with Gasteiger partial charge in [0.05, 0.1) is 0 Å². The summed E-state index contributed by atoms with van der Waals surface area (Å²) >= 11 is 0. The number of rotatable bonds is 3. The van der Waals surface area contributed by atoms with Crippen LogP contribution in [0.15, 0.2) is 16.4 Å². The molecule has 0 atom stereocenters. The van der Waals surface area contributed by atoms with Crippen LogP contribution >= 0.6 is 0 Å². The maximum absolute atomic E-state index is 8.72. The van der Waals surface area contributed by atoms with Gasteiger partial charge < -0.3 is 5.32 Å². The normalized spacial score (nSPS) is 11.2. The maximum Gasteiger partial charge on any atom is 0.158 e. The molecule has 0 aromatic heterocycles. The van der Waals surface area contributed by atoms with E-state index in [0.717, 1.165) is 18.0 Å². The van der Waals surface area contributed by atoms with E-state index in [0.29, 0.717) is 5.70 Å². The van der Waals surface area contributed by atoms with Crippen LogP contribution < -0.4 is 5.32 Å². The molecule has 0 rings (SSSR count). The van der Waals surface area contributed by atoms with Crippen molar-refractivity contribution in [1.29, 1.82) is 5.26 Å². The quantitative estimate of drug-likeness (QED) is 0.512. The first-order valence-electron chi connectivity index (χ1n) is 3.98. The molecule has 0 aromatic rings. The zero-order chi connectivity index (χ0) is 9.56. The second-order valence-electron chi connectivity index (χ2n) is 2.67. The van der Waals surface area contributed by atoms with Crippen LogP contribution in [0.5, 0.6) is 0 Å². The van der Waals surface area contributed by atoms with Crippen molar-refractivity contribution in [1.82, 2.24) is 5.32 Å². The van der Waals surface area contributed by atoms with Gasteiger partial charge in [0.1, 0.15) is 6.07 Å². The standard InChI is InChI=1S/C9H15N3/c1-5-11-8(4)9(6-10)12-7(2)3/h11H,5H2,1-4H3/b9-8-. The number of hydrogen-bond acceptors (Lipinski definition) is 3. The van der Waals surface area contributed by atoms with Crippen molar-refractivity contribution >= 4 is 5.71 Å². The zero-order valence-electron chi connectivity index (χ0n) is 8.10. The van der Waals surface area contributed by atoms with E-state index in [1.807, 2.05) is 33.8 Å². The number of nitrogens with zero attached hydrogens (tertiary/aromatic N) is 2. The van der Waals surface area contributed by atoms with Crippen LogP contribution in [0.4, 0.5) is 0 Å². The molecule has 0 fully saturated rings. The minimum Gasteiger partial charge on any atom is -0.387 e. The Morgan fingerprint density at radius 3 is 2.33 bits per heavy atom. The van der Waals surface area contributed by atoms with Crippen molar-refractivity contribution in [2.45, 2.75) is 27.7 Å². The molecule has 1 N–H and O–H groups in total. The second-order valence-corrected chi connectivity index (χ2v) is 2.67. The molecule has 0 saturated heterocycles. The lowest BCUT2D eigenvalue weighted by molar-refractivity contribution is 0.842. The molecule has 0 aliphatic carbocycles. The van der Waals surface area contributed by atoms with Gasteiger partial charge in [-0.05, 0) is 27.7 Å². The summed E-state index contributed by atoms with van der Waals surface area (Å²) in [6.07, 6.45) is 0. The Kier molecular flexibility index (Phi) is 4.78. The SMILES string of the molecule is CCN/C(C)=C(/C#N)N=C(C)C. The number of nitriles is 1. The molecule has 0 bridgehead atoms. The van der Waals surface area contributed by atoms with Crippen LogP contribution in [0.3, 0.4) is 0 Å². The average Bonchev–Trinajstić information content (AvgIpc) is 2.00. The van der Waals surface area contributed by atoms with E-state index < -0.39 is 0 Å². The van der Waals surface area contributed by atoms with Gasteiger partial charge in [-0.1, -0.05) is 0 Å². The molecule has 66 valence electrons. The molecule has 0 heterocycles. The fourth-order valence-corrected chi connectivity index (χ4v) is 0.765. The number of hydrogen-bond donors (Lipinski definition) is 1. The topological polar surface area (TPSA) is 48.2 Å². The van der Waals surface area contributed by atoms with Crippen LogP contribution in [-0.4, -0.2) is 12.3 Å². The lowest BCUT2D eigenvalue weighted by Gasteiger charge is -2.02. The largest absolute Gasteiger partial charge is 0.387 e. The van der Waals surface area contributed by atoms with Gasteiger partial charge in [0.15, 0.2) is 5.70 Å². The van der Waals surface area contributed by atoms with Gasteiger partial charge in [0, 0.05) is 18.0 Å². The van der Waals surface area contributed by atoms with Gasteiger partial charge in [0.25, 0.3) is 0 Å². The summed E-state index contributed by atoms with van der Waals surface area (Å²) < 4.78 is 0. The Balaban J connectivity index is 4.65. The van der Waals surface area contributed by atoms with Crippen LogP contribution in [-0.2, 0) is 0 Å². The van der Waals surface area contributed by atoms with E-state index in [1.54, 1.807) is 0 Å². The Morgan fingerprint density at radius 1 is 1.42 bits per heavy atom. The fourth-order valence-electron chi connectivity index (χ4n) is 0.765. The Morgan fingerprint density at radius 2 is 2.00 bits per heavy atom. The van der Waals surface area contributed by atoms with Crippen molar-refractivity contribution in [2.75, 3.05) is 6.54 Å². The summed E-state index contributed by atoms with van der Waals surface area (Å²) in [6.45, 7) is 8.40. The minimum atomic E-state index is 0.469. The number of allylic oxidation sites excluding steroid dienone is 2. The van der Waals surface area contributed by atoms with E-state index in [9.17, 15) is 0 Å². The highest BCUT2D eigenvalue weighted by atomic mass is 14.9. The third-order valence-electron chi connectivity index (χ3n) is 1.24. The highest BCUT2D eigenvalue weighted by Crippen LogP contribution is 2.01. The third-order valence-corrected chi connectivity index (χ3v) is 1.24. The Labute approximate surface area is 73.8 Å². The fraction of sp³-hybridized carbons (Fsp3) is 0.556. The molecule has 0 aliphatic heterocycles. The van der Waals surface area contributed by atoms with Gasteiger partial charge >= 0.3 is 0 Å². The molecule has 0 saturated carbocycles. The van der Waals surface area contributed by atoms with Crippen molar-refractivity contribution in [3.63, 3.8) is 0 Å². The second kappa shape index (κ2) is 5.36. The molecule has 3 nitrogen and oxygen atoms in total. The zero-order valence-corrected chi connectivity index (χ0v) is 8.10. The van der Waals surface area contributed by atoms with Crippen LogP contribution in [0.1, 0.15) is 27.7 Å². The van der Waals surface area contributed by atoms with Gasteiger partial charge in [-0.3, -0.25) is 0 Å². The highest BCUT2D eigenvalue weighted by molar-refractivity contribution is 5.80.